The van der Waals surface area contributed by atoms with Gasteiger partial charge < -0.3 is 25.2 Å². The van der Waals surface area contributed by atoms with Crippen molar-refractivity contribution < 1.29 is 24.2 Å². The van der Waals surface area contributed by atoms with Gasteiger partial charge in [0.25, 0.3) is 5.91 Å². The highest BCUT2D eigenvalue weighted by Gasteiger charge is 2.46. The Balaban J connectivity index is 1.14. The third kappa shape index (κ3) is 8.05. The van der Waals surface area contributed by atoms with Gasteiger partial charge in [0.05, 0.1) is 42.1 Å². The molecule has 7 atom stereocenters. The number of carbonyl (C=O) groups is 2. The summed E-state index contributed by atoms with van der Waals surface area (Å²) < 4.78 is 13.6. The Morgan fingerprint density at radius 1 is 0.885 bits per heavy atom. The third-order valence-electron chi connectivity index (χ3n) is 10.9. The molecule has 0 bridgehead atoms. The predicted octanol–water partition coefficient (Wildman–Crippen LogP) is 7.10. The SMILES string of the molecule is C[C@@H]1[C@H](CN2[C@@H](C(=O)NC(C)(C)C)CC[C@H]3CCCC[C@H]32)O[C@H](c2ccc(NC(=O)c3cnc4ccccc4n3)cc2)O[C@@H]1c1ccc(CO)cc1. The summed E-state index contributed by atoms with van der Waals surface area (Å²) in [6, 6.07) is 23.0. The summed E-state index contributed by atoms with van der Waals surface area (Å²) in [4.78, 5) is 38.3. The van der Waals surface area contributed by atoms with Crippen LogP contribution in [0.5, 0.6) is 0 Å². The number of piperidine rings is 1. The Morgan fingerprint density at radius 2 is 1.60 bits per heavy atom. The van der Waals surface area contributed by atoms with Gasteiger partial charge in [0.1, 0.15) is 5.69 Å². The summed E-state index contributed by atoms with van der Waals surface area (Å²) in [6.45, 7) is 8.88. The van der Waals surface area contributed by atoms with E-state index in [-0.39, 0.29) is 53.8 Å². The lowest BCUT2D eigenvalue weighted by Gasteiger charge is -2.51. The monoisotopic (exact) mass is 705 g/mol. The molecule has 1 aliphatic carbocycles. The lowest BCUT2D eigenvalue weighted by molar-refractivity contribution is -0.278. The first kappa shape index (κ1) is 36.2. The molecule has 7 rings (SSSR count). The molecule has 10 nitrogen and oxygen atoms in total. The number of likely N-dealkylation sites (tertiary alicyclic amines) is 1. The minimum atomic E-state index is -0.673. The zero-order valence-corrected chi connectivity index (χ0v) is 30.6. The molecule has 274 valence electrons. The Kier molecular flexibility index (Phi) is 10.7. The number of anilines is 1. The van der Waals surface area contributed by atoms with Gasteiger partial charge in [-0.05, 0) is 87.8 Å². The Labute approximate surface area is 306 Å². The van der Waals surface area contributed by atoms with Crippen molar-refractivity contribution in [2.75, 3.05) is 11.9 Å². The predicted molar refractivity (Wildman–Crippen MR) is 200 cm³/mol. The Bertz CT molecular complexity index is 1860. The van der Waals surface area contributed by atoms with Gasteiger partial charge in [-0.15, -0.1) is 0 Å². The van der Waals surface area contributed by atoms with E-state index in [2.05, 4.69) is 32.4 Å². The van der Waals surface area contributed by atoms with Crippen LogP contribution < -0.4 is 10.6 Å². The molecular weight excluding hydrogens is 654 g/mol. The van der Waals surface area contributed by atoms with E-state index < -0.39 is 6.29 Å². The minimum absolute atomic E-state index is 0.0202. The zero-order chi connectivity index (χ0) is 36.4. The first-order chi connectivity index (χ1) is 25.1. The quantitative estimate of drug-likeness (QED) is 0.177. The number of aliphatic hydroxyl groups excluding tert-OH is 1. The number of carbonyl (C=O) groups excluding carboxylic acids is 2. The summed E-state index contributed by atoms with van der Waals surface area (Å²) in [7, 11) is 0. The van der Waals surface area contributed by atoms with Crippen molar-refractivity contribution >= 4 is 28.5 Å². The van der Waals surface area contributed by atoms with Crippen LogP contribution in [0.25, 0.3) is 11.0 Å². The molecule has 0 radical (unpaired) electrons. The maximum absolute atomic E-state index is 13.8. The average molecular weight is 706 g/mol. The standard InChI is InChI=1S/C42H51N5O5/c1-26-37(24-47-35-12-8-5-9-28(35)19-22-36(47)40(50)46-42(2,3)4)51-41(52-38(26)29-15-13-27(25-48)14-16-29)30-17-20-31(21-18-30)44-39(49)34-23-43-32-10-6-7-11-33(32)45-34/h6-7,10-11,13-18,20-21,23,26,28,35-38,41,48H,5,8-9,12,19,22,24-25H2,1-4H3,(H,44,49)(H,46,50)/t26-,28-,35-,36-,37+,38+,41+/m1/s1. The number of rotatable bonds is 8. The number of aliphatic hydroxyl groups is 1. The second-order valence-corrected chi connectivity index (χ2v) is 15.8. The molecule has 2 aliphatic heterocycles. The molecule has 1 saturated carbocycles. The van der Waals surface area contributed by atoms with Crippen LogP contribution in [0, 0.1) is 11.8 Å². The highest BCUT2D eigenvalue weighted by molar-refractivity contribution is 6.03. The normalized spacial score (nSPS) is 26.8. The molecule has 1 aromatic heterocycles. The summed E-state index contributed by atoms with van der Waals surface area (Å²) in [6.07, 6.45) is 6.95. The van der Waals surface area contributed by atoms with Crippen LogP contribution in [0.2, 0.25) is 0 Å². The summed E-state index contributed by atoms with van der Waals surface area (Å²) in [5, 5.41) is 15.9. The highest BCUT2D eigenvalue weighted by atomic mass is 16.7. The van der Waals surface area contributed by atoms with Gasteiger partial charge in [-0.25, -0.2) is 4.98 Å². The van der Waals surface area contributed by atoms with Gasteiger partial charge in [-0.1, -0.05) is 68.3 Å². The van der Waals surface area contributed by atoms with Gasteiger partial charge in [-0.2, -0.15) is 0 Å². The number of fused-ring (bicyclic) bond motifs is 2. The molecule has 0 spiro atoms. The van der Waals surface area contributed by atoms with Crippen LogP contribution >= 0.6 is 0 Å². The molecule has 3 heterocycles. The van der Waals surface area contributed by atoms with Crippen molar-refractivity contribution in [1.29, 1.82) is 0 Å². The second kappa shape index (κ2) is 15.4. The largest absolute Gasteiger partial charge is 0.392 e. The number of nitrogens with zero attached hydrogens (tertiary/aromatic N) is 3. The van der Waals surface area contributed by atoms with Gasteiger partial charge in [0.15, 0.2) is 6.29 Å². The van der Waals surface area contributed by atoms with E-state index in [0.717, 1.165) is 41.5 Å². The first-order valence-corrected chi connectivity index (χ1v) is 18.8. The summed E-state index contributed by atoms with van der Waals surface area (Å²) in [5.74, 6) is 0.317. The molecule has 2 saturated heterocycles. The van der Waals surface area contributed by atoms with Crippen LogP contribution in [0.15, 0.2) is 79.0 Å². The van der Waals surface area contributed by atoms with Crippen LogP contribution in [-0.2, 0) is 20.9 Å². The van der Waals surface area contributed by atoms with Crippen molar-refractivity contribution in [1.82, 2.24) is 20.2 Å². The molecule has 10 heteroatoms. The first-order valence-electron chi connectivity index (χ1n) is 18.8. The molecule has 52 heavy (non-hydrogen) atoms. The number of nitrogens with one attached hydrogen (secondary N) is 2. The van der Waals surface area contributed by atoms with Crippen LogP contribution in [-0.4, -0.2) is 62.1 Å². The number of amides is 2. The van der Waals surface area contributed by atoms with Gasteiger partial charge in [0.2, 0.25) is 5.91 Å². The van der Waals surface area contributed by atoms with Crippen LogP contribution in [0.4, 0.5) is 5.69 Å². The van der Waals surface area contributed by atoms with Crippen LogP contribution in [0.3, 0.4) is 0 Å². The van der Waals surface area contributed by atoms with E-state index >= 15 is 0 Å². The number of para-hydroxylation sites is 2. The number of hydrogen-bond donors (Lipinski definition) is 3. The highest BCUT2D eigenvalue weighted by Crippen LogP contribution is 2.44. The average Bonchev–Trinajstić information content (AvgIpc) is 3.15. The maximum atomic E-state index is 13.8. The number of ether oxygens (including phenoxy) is 2. The van der Waals surface area contributed by atoms with Crippen molar-refractivity contribution in [2.45, 2.75) is 109 Å². The van der Waals surface area contributed by atoms with E-state index in [1.165, 1.54) is 25.5 Å². The fourth-order valence-corrected chi connectivity index (χ4v) is 8.25. The fourth-order valence-electron chi connectivity index (χ4n) is 8.25. The Hall–Kier alpha value is -4.22. The van der Waals surface area contributed by atoms with E-state index in [1.807, 2.05) is 93.6 Å². The molecule has 3 N–H and O–H groups in total. The van der Waals surface area contributed by atoms with Gasteiger partial charge in [0, 0.05) is 35.3 Å². The van der Waals surface area contributed by atoms with Crippen molar-refractivity contribution in [3.8, 4) is 0 Å². The molecule has 3 fully saturated rings. The molecule has 2 amide bonds. The molecule has 3 aliphatic rings. The zero-order valence-electron chi connectivity index (χ0n) is 30.6. The van der Waals surface area contributed by atoms with E-state index in [1.54, 1.807) is 0 Å². The number of benzene rings is 3. The molecule has 4 aromatic rings. The molecule has 3 aromatic carbocycles. The number of hydrogen-bond acceptors (Lipinski definition) is 8. The van der Waals surface area contributed by atoms with E-state index in [0.29, 0.717) is 29.7 Å². The van der Waals surface area contributed by atoms with Crippen molar-refractivity contribution in [3.05, 3.63) is 101 Å². The summed E-state index contributed by atoms with van der Waals surface area (Å²) in [5.41, 5.74) is 4.60. The Morgan fingerprint density at radius 3 is 2.33 bits per heavy atom. The summed E-state index contributed by atoms with van der Waals surface area (Å²) >= 11 is 0. The van der Waals surface area contributed by atoms with Gasteiger partial charge in [-0.3, -0.25) is 19.5 Å². The van der Waals surface area contributed by atoms with Gasteiger partial charge >= 0.3 is 0 Å². The fraction of sp³-hybridized carbons (Fsp3) is 0.476. The van der Waals surface area contributed by atoms with Crippen LogP contribution in [0.1, 0.15) is 106 Å². The maximum Gasteiger partial charge on any atom is 0.275 e. The second-order valence-electron chi connectivity index (χ2n) is 15.8. The smallest absolute Gasteiger partial charge is 0.275 e. The van der Waals surface area contributed by atoms with E-state index in [4.69, 9.17) is 9.47 Å². The minimum Gasteiger partial charge on any atom is -0.392 e. The molecular formula is C42H51N5O5. The number of aromatic nitrogens is 2. The molecule has 0 unspecified atom stereocenters. The van der Waals surface area contributed by atoms with Crippen molar-refractivity contribution in [3.63, 3.8) is 0 Å². The lowest BCUT2D eigenvalue weighted by atomic mass is 9.75. The third-order valence-corrected chi connectivity index (χ3v) is 10.9. The van der Waals surface area contributed by atoms with Crippen molar-refractivity contribution in [2.24, 2.45) is 11.8 Å². The van der Waals surface area contributed by atoms with E-state index in [9.17, 15) is 14.7 Å². The lowest BCUT2D eigenvalue weighted by Crippen LogP contribution is -2.61. The topological polar surface area (TPSA) is 126 Å².